The summed E-state index contributed by atoms with van der Waals surface area (Å²) < 4.78 is 7.81. The van der Waals surface area contributed by atoms with Gasteiger partial charge in [-0.2, -0.15) is 0 Å². The maximum Gasteiger partial charge on any atom is 0.253 e. The normalized spacial score (nSPS) is 16.6. The van der Waals surface area contributed by atoms with Crippen LogP contribution in [0.1, 0.15) is 18.9 Å². The van der Waals surface area contributed by atoms with Crippen LogP contribution in [-0.2, 0) is 15.1 Å². The van der Waals surface area contributed by atoms with Crippen molar-refractivity contribution in [1.29, 1.82) is 0 Å². The molecule has 1 fully saturated rings. The molecule has 1 saturated heterocycles. The van der Waals surface area contributed by atoms with E-state index in [-0.39, 0.29) is 5.91 Å². The van der Waals surface area contributed by atoms with Gasteiger partial charge in [0, 0.05) is 23.9 Å². The van der Waals surface area contributed by atoms with Crippen LogP contribution in [0.2, 0.25) is 0 Å². The largest absolute Gasteiger partial charge is 0.378 e. The van der Waals surface area contributed by atoms with Crippen molar-refractivity contribution in [2.45, 2.75) is 18.9 Å². The second kappa shape index (κ2) is 7.62. The minimum Gasteiger partial charge on any atom is -0.378 e. The van der Waals surface area contributed by atoms with Gasteiger partial charge in [0.2, 0.25) is 0 Å². The lowest BCUT2D eigenvalue weighted by Crippen LogP contribution is -2.54. The van der Waals surface area contributed by atoms with Crippen LogP contribution in [0.5, 0.6) is 0 Å². The predicted molar refractivity (Wildman–Crippen MR) is 121 cm³/mol. The van der Waals surface area contributed by atoms with E-state index in [1.165, 1.54) is 10.8 Å². The Kier molecular flexibility index (Phi) is 4.80. The molecule has 0 saturated carbocycles. The van der Waals surface area contributed by atoms with Crippen LogP contribution in [0.15, 0.2) is 78.9 Å². The molecule has 0 spiro atoms. The zero-order chi connectivity index (χ0) is 20.6. The fraction of sp³-hybridized carbons (Fsp3) is 0.269. The number of benzene rings is 3. The molecule has 152 valence electrons. The average Bonchev–Trinajstić information content (AvgIpc) is 3.16. The fourth-order valence-electron chi connectivity index (χ4n) is 4.94. The predicted octanol–water partition coefficient (Wildman–Crippen LogP) is 4.81. The first-order chi connectivity index (χ1) is 14.8. The number of amides is 1. The van der Waals surface area contributed by atoms with Gasteiger partial charge in [0.25, 0.3) is 5.91 Å². The van der Waals surface area contributed by atoms with Crippen molar-refractivity contribution in [3.63, 3.8) is 0 Å². The van der Waals surface area contributed by atoms with E-state index in [1.54, 1.807) is 0 Å². The molecule has 0 N–H and O–H groups in total. The molecule has 1 aliphatic rings. The van der Waals surface area contributed by atoms with Gasteiger partial charge in [0.1, 0.15) is 5.54 Å². The van der Waals surface area contributed by atoms with Crippen LogP contribution in [0.3, 0.4) is 0 Å². The summed E-state index contributed by atoms with van der Waals surface area (Å²) in [4.78, 5) is 16.3. The van der Waals surface area contributed by atoms with Crippen LogP contribution in [0, 0.1) is 0 Å². The third kappa shape index (κ3) is 2.75. The molecule has 0 radical (unpaired) electrons. The van der Waals surface area contributed by atoms with E-state index in [0.717, 1.165) is 16.6 Å². The summed E-state index contributed by atoms with van der Waals surface area (Å²) in [6.45, 7) is 4.56. The van der Waals surface area contributed by atoms with Gasteiger partial charge in [-0.15, -0.1) is 0 Å². The van der Waals surface area contributed by atoms with E-state index < -0.39 is 5.54 Å². The summed E-state index contributed by atoms with van der Waals surface area (Å²) in [7, 11) is 0. The topological polar surface area (TPSA) is 34.5 Å². The number of fused-ring (bicyclic) bond motifs is 3. The Hall–Kier alpha value is -3.11. The molecule has 0 aliphatic carbocycles. The molecular weight excluding hydrogens is 372 g/mol. The first-order valence-electron chi connectivity index (χ1n) is 10.7. The molecule has 1 atom stereocenters. The summed E-state index contributed by atoms with van der Waals surface area (Å²) in [6, 6.07) is 27.1. The van der Waals surface area contributed by atoms with Crippen LogP contribution >= 0.6 is 0 Å². The summed E-state index contributed by atoms with van der Waals surface area (Å²) in [5.74, 6) is 0.144. The smallest absolute Gasteiger partial charge is 0.253 e. The van der Waals surface area contributed by atoms with Crippen LogP contribution in [-0.4, -0.2) is 41.7 Å². The third-order valence-electron chi connectivity index (χ3n) is 6.38. The highest BCUT2D eigenvalue weighted by Gasteiger charge is 2.45. The average molecular weight is 399 g/mol. The number of ether oxygens (including phenoxy) is 1. The molecule has 1 aromatic heterocycles. The van der Waals surface area contributed by atoms with Crippen molar-refractivity contribution in [2.24, 2.45) is 0 Å². The minimum atomic E-state index is -0.818. The maximum atomic E-state index is 14.3. The Morgan fingerprint density at radius 2 is 1.37 bits per heavy atom. The molecule has 3 aromatic carbocycles. The van der Waals surface area contributed by atoms with E-state index in [0.29, 0.717) is 32.7 Å². The van der Waals surface area contributed by atoms with Crippen molar-refractivity contribution in [3.05, 3.63) is 84.4 Å². The van der Waals surface area contributed by atoms with Gasteiger partial charge in [-0.25, -0.2) is 0 Å². The molecule has 2 heterocycles. The lowest BCUT2D eigenvalue weighted by Gasteiger charge is -2.40. The van der Waals surface area contributed by atoms with Crippen molar-refractivity contribution in [2.75, 3.05) is 26.3 Å². The fourth-order valence-corrected chi connectivity index (χ4v) is 4.94. The van der Waals surface area contributed by atoms with Crippen LogP contribution in [0.25, 0.3) is 21.8 Å². The Morgan fingerprint density at radius 1 is 0.833 bits per heavy atom. The van der Waals surface area contributed by atoms with E-state index in [2.05, 4.69) is 72.2 Å². The van der Waals surface area contributed by atoms with E-state index in [9.17, 15) is 4.79 Å². The summed E-state index contributed by atoms with van der Waals surface area (Å²) in [6.07, 6.45) is 0.663. The molecule has 30 heavy (non-hydrogen) atoms. The maximum absolute atomic E-state index is 14.3. The van der Waals surface area contributed by atoms with Gasteiger partial charge in [-0.1, -0.05) is 73.7 Å². The van der Waals surface area contributed by atoms with Gasteiger partial charge >= 0.3 is 0 Å². The Morgan fingerprint density at radius 3 is 1.93 bits per heavy atom. The zero-order valence-corrected chi connectivity index (χ0v) is 17.3. The second-order valence-electron chi connectivity index (χ2n) is 7.85. The third-order valence-corrected chi connectivity index (χ3v) is 6.38. The summed E-state index contributed by atoms with van der Waals surface area (Å²) in [5, 5.41) is 2.35. The van der Waals surface area contributed by atoms with E-state index in [1.807, 2.05) is 23.1 Å². The molecule has 1 amide bonds. The molecule has 0 bridgehead atoms. The number of para-hydroxylation sites is 2. The zero-order valence-electron chi connectivity index (χ0n) is 17.3. The Balaban J connectivity index is 1.86. The summed E-state index contributed by atoms with van der Waals surface area (Å²) >= 11 is 0. The monoisotopic (exact) mass is 398 g/mol. The number of carbonyl (C=O) groups is 1. The first kappa shape index (κ1) is 18.9. The second-order valence-corrected chi connectivity index (χ2v) is 7.85. The Bertz CT molecular complexity index is 1140. The van der Waals surface area contributed by atoms with E-state index in [4.69, 9.17) is 4.74 Å². The molecule has 4 heteroatoms. The van der Waals surface area contributed by atoms with Gasteiger partial charge < -0.3 is 14.2 Å². The highest BCUT2D eigenvalue weighted by atomic mass is 16.5. The first-order valence-corrected chi connectivity index (χ1v) is 10.7. The van der Waals surface area contributed by atoms with E-state index >= 15 is 0 Å². The molecule has 5 rings (SSSR count). The molecular formula is C26H26N2O2. The van der Waals surface area contributed by atoms with Crippen LogP contribution < -0.4 is 0 Å². The van der Waals surface area contributed by atoms with Gasteiger partial charge in [0.15, 0.2) is 0 Å². The lowest BCUT2D eigenvalue weighted by molar-refractivity contribution is -0.142. The number of hydrogen-bond acceptors (Lipinski definition) is 2. The number of carbonyl (C=O) groups excluding carboxylic acids is 1. The van der Waals surface area contributed by atoms with Crippen molar-refractivity contribution in [1.82, 2.24) is 9.47 Å². The lowest BCUT2D eigenvalue weighted by atomic mass is 9.84. The summed E-state index contributed by atoms with van der Waals surface area (Å²) in [5.41, 5.74) is 2.38. The number of rotatable bonds is 4. The standard InChI is InChI=1S/C26H26N2O2/c1-2-26(20-10-4-3-5-11-20,25(29)27-16-18-30-19-17-27)28-23-14-8-6-12-21(23)22-13-7-9-15-24(22)28/h3-15H,2,16-19H2,1H3. The molecule has 1 unspecified atom stereocenters. The quantitative estimate of drug-likeness (QED) is 0.495. The highest BCUT2D eigenvalue weighted by molar-refractivity contribution is 6.10. The Labute approximate surface area is 176 Å². The van der Waals surface area contributed by atoms with Crippen molar-refractivity contribution in [3.8, 4) is 0 Å². The van der Waals surface area contributed by atoms with Crippen molar-refractivity contribution < 1.29 is 9.53 Å². The van der Waals surface area contributed by atoms with Gasteiger partial charge in [0.05, 0.1) is 24.2 Å². The highest BCUT2D eigenvalue weighted by Crippen LogP contribution is 2.41. The number of hydrogen-bond donors (Lipinski definition) is 0. The number of aromatic nitrogens is 1. The number of nitrogens with zero attached hydrogens (tertiary/aromatic N) is 2. The van der Waals surface area contributed by atoms with Gasteiger partial charge in [-0.05, 0) is 24.1 Å². The van der Waals surface area contributed by atoms with Crippen molar-refractivity contribution >= 4 is 27.7 Å². The number of morpholine rings is 1. The SMILES string of the molecule is CCC(C(=O)N1CCOCC1)(c1ccccc1)n1c2ccccc2c2ccccc21. The van der Waals surface area contributed by atoms with Gasteiger partial charge in [-0.3, -0.25) is 4.79 Å². The molecule has 4 nitrogen and oxygen atoms in total. The molecule has 1 aliphatic heterocycles. The van der Waals surface area contributed by atoms with Crippen LogP contribution in [0.4, 0.5) is 0 Å². The molecule has 4 aromatic rings. The minimum absolute atomic E-state index is 0.144.